The molecule has 0 aliphatic heterocycles. The third kappa shape index (κ3) is 2.49. The van der Waals surface area contributed by atoms with Crippen LogP contribution in [0.5, 0.6) is 0 Å². The lowest BCUT2D eigenvalue weighted by Crippen LogP contribution is -2.38. The van der Waals surface area contributed by atoms with Gasteiger partial charge in [-0.05, 0) is 38.2 Å². The Morgan fingerprint density at radius 1 is 1.41 bits per heavy atom. The number of fused-ring (bicyclic) bond motifs is 1. The monoisotopic (exact) mass is 253 g/mol. The van der Waals surface area contributed by atoms with Crippen molar-refractivity contribution < 1.29 is 14.7 Å². The van der Waals surface area contributed by atoms with Gasteiger partial charge in [-0.1, -0.05) is 0 Å². The van der Waals surface area contributed by atoms with Crippen LogP contribution >= 0.6 is 11.3 Å². The number of rotatable bonds is 3. The van der Waals surface area contributed by atoms with Crippen molar-refractivity contribution in [2.24, 2.45) is 0 Å². The molecule has 0 saturated carbocycles. The number of carbonyl (C=O) groups excluding carboxylic acids is 1. The number of carbonyl (C=O) groups is 2. The van der Waals surface area contributed by atoms with Crippen LogP contribution in [-0.2, 0) is 17.6 Å². The molecule has 4 nitrogen and oxygen atoms in total. The summed E-state index contributed by atoms with van der Waals surface area (Å²) in [7, 11) is 0. The average Bonchev–Trinajstić information content (AvgIpc) is 2.72. The molecule has 92 valence electrons. The van der Waals surface area contributed by atoms with Crippen molar-refractivity contribution in [2.75, 3.05) is 0 Å². The predicted molar refractivity (Wildman–Crippen MR) is 65.5 cm³/mol. The summed E-state index contributed by atoms with van der Waals surface area (Å²) >= 11 is 1.61. The number of hydrogen-bond acceptors (Lipinski definition) is 3. The fourth-order valence-corrected chi connectivity index (χ4v) is 3.15. The van der Waals surface area contributed by atoms with Gasteiger partial charge in [0.05, 0.1) is 5.56 Å². The van der Waals surface area contributed by atoms with Gasteiger partial charge < -0.3 is 10.4 Å². The Morgan fingerprint density at radius 2 is 2.12 bits per heavy atom. The number of hydrogen-bond donors (Lipinski definition) is 2. The van der Waals surface area contributed by atoms with Crippen molar-refractivity contribution in [1.29, 1.82) is 0 Å². The molecule has 5 heteroatoms. The van der Waals surface area contributed by atoms with E-state index >= 15 is 0 Å². The van der Waals surface area contributed by atoms with Crippen LogP contribution in [0.2, 0.25) is 0 Å². The Kier molecular flexibility index (Phi) is 3.47. The molecule has 1 aliphatic rings. The zero-order valence-electron chi connectivity index (χ0n) is 9.66. The number of aliphatic carboxylic acids is 1. The van der Waals surface area contributed by atoms with Gasteiger partial charge in [-0.25, -0.2) is 0 Å². The van der Waals surface area contributed by atoms with Crippen molar-refractivity contribution in [3.63, 3.8) is 0 Å². The van der Waals surface area contributed by atoms with Gasteiger partial charge in [-0.2, -0.15) is 0 Å². The van der Waals surface area contributed by atoms with Gasteiger partial charge in [-0.15, -0.1) is 11.3 Å². The van der Waals surface area contributed by atoms with Crippen molar-refractivity contribution in [2.45, 2.75) is 38.6 Å². The summed E-state index contributed by atoms with van der Waals surface area (Å²) < 4.78 is 0. The van der Waals surface area contributed by atoms with Crippen LogP contribution in [0.4, 0.5) is 0 Å². The van der Waals surface area contributed by atoms with E-state index in [0.717, 1.165) is 24.8 Å². The van der Waals surface area contributed by atoms with Crippen LogP contribution in [0, 0.1) is 0 Å². The maximum absolute atomic E-state index is 11.9. The molecule has 1 amide bonds. The number of amides is 1. The SMILES string of the molecule is C[C@@H](NC(=O)c1csc2c1CCCC2)C(=O)O. The number of carboxylic acids is 1. The summed E-state index contributed by atoms with van der Waals surface area (Å²) in [5, 5.41) is 13.1. The largest absolute Gasteiger partial charge is 0.480 e. The molecule has 2 rings (SSSR count). The molecule has 0 bridgehead atoms. The second-order valence-corrected chi connectivity index (χ2v) is 5.26. The molecule has 0 spiro atoms. The fourth-order valence-electron chi connectivity index (χ4n) is 2.02. The van der Waals surface area contributed by atoms with E-state index in [2.05, 4.69) is 5.32 Å². The molecular formula is C12H15NO3S. The highest BCUT2D eigenvalue weighted by molar-refractivity contribution is 7.10. The van der Waals surface area contributed by atoms with E-state index in [-0.39, 0.29) is 5.91 Å². The lowest BCUT2D eigenvalue weighted by atomic mass is 9.95. The first-order chi connectivity index (χ1) is 8.09. The molecule has 17 heavy (non-hydrogen) atoms. The predicted octanol–water partition coefficient (Wildman–Crippen LogP) is 1.83. The summed E-state index contributed by atoms with van der Waals surface area (Å²) in [5.41, 5.74) is 1.79. The van der Waals surface area contributed by atoms with Gasteiger partial charge >= 0.3 is 5.97 Å². The maximum Gasteiger partial charge on any atom is 0.325 e. The van der Waals surface area contributed by atoms with E-state index in [4.69, 9.17) is 5.11 Å². The first-order valence-electron chi connectivity index (χ1n) is 5.72. The topological polar surface area (TPSA) is 66.4 Å². The zero-order valence-corrected chi connectivity index (χ0v) is 10.5. The van der Waals surface area contributed by atoms with Gasteiger partial charge in [-0.3, -0.25) is 9.59 Å². The smallest absolute Gasteiger partial charge is 0.325 e. The van der Waals surface area contributed by atoms with Crippen LogP contribution in [-0.4, -0.2) is 23.0 Å². The van der Waals surface area contributed by atoms with Crippen LogP contribution in [0.25, 0.3) is 0 Å². The standard InChI is InChI=1S/C12H15NO3S/c1-7(12(15)16)13-11(14)9-6-17-10-5-3-2-4-8(9)10/h6-7H,2-5H2,1H3,(H,13,14)(H,15,16)/t7-/m1/s1. The molecule has 0 saturated heterocycles. The fraction of sp³-hybridized carbons (Fsp3) is 0.500. The summed E-state index contributed by atoms with van der Waals surface area (Å²) in [4.78, 5) is 23.9. The van der Waals surface area contributed by atoms with Crippen molar-refractivity contribution in [1.82, 2.24) is 5.32 Å². The molecule has 2 N–H and O–H groups in total. The molecule has 1 atom stereocenters. The highest BCUT2D eigenvalue weighted by atomic mass is 32.1. The Morgan fingerprint density at radius 3 is 2.82 bits per heavy atom. The lowest BCUT2D eigenvalue weighted by Gasteiger charge is -2.13. The van der Waals surface area contributed by atoms with E-state index in [9.17, 15) is 9.59 Å². The molecule has 0 radical (unpaired) electrons. The Labute approximate surface area is 104 Å². The second kappa shape index (κ2) is 4.87. The first kappa shape index (κ1) is 12.1. The quantitative estimate of drug-likeness (QED) is 0.863. The van der Waals surface area contributed by atoms with E-state index < -0.39 is 12.0 Å². The van der Waals surface area contributed by atoms with Crippen LogP contribution in [0.1, 0.15) is 40.6 Å². The molecular weight excluding hydrogens is 238 g/mol. The van der Waals surface area contributed by atoms with Crippen LogP contribution in [0.15, 0.2) is 5.38 Å². The van der Waals surface area contributed by atoms with Crippen LogP contribution in [0.3, 0.4) is 0 Å². The normalized spacial score (nSPS) is 16.1. The molecule has 1 aromatic rings. The van der Waals surface area contributed by atoms with Gasteiger partial charge in [0, 0.05) is 10.3 Å². The highest BCUT2D eigenvalue weighted by Gasteiger charge is 2.22. The summed E-state index contributed by atoms with van der Waals surface area (Å²) in [6.45, 7) is 1.47. The molecule has 1 aromatic heterocycles. The molecule has 1 heterocycles. The third-order valence-corrected chi connectivity index (χ3v) is 4.11. The minimum atomic E-state index is -1.01. The highest BCUT2D eigenvalue weighted by Crippen LogP contribution is 2.30. The molecule has 0 aromatic carbocycles. The van der Waals surface area contributed by atoms with Crippen molar-refractivity contribution in [3.8, 4) is 0 Å². The van der Waals surface area contributed by atoms with Gasteiger partial charge in [0.2, 0.25) is 0 Å². The minimum Gasteiger partial charge on any atom is -0.480 e. The summed E-state index contributed by atoms with van der Waals surface area (Å²) in [6.07, 6.45) is 4.27. The second-order valence-electron chi connectivity index (χ2n) is 4.29. The Bertz CT molecular complexity index is 453. The number of nitrogens with one attached hydrogen (secondary N) is 1. The minimum absolute atomic E-state index is 0.265. The number of aryl methyl sites for hydroxylation is 1. The summed E-state index contributed by atoms with van der Waals surface area (Å²) in [6, 6.07) is -0.846. The average molecular weight is 253 g/mol. The first-order valence-corrected chi connectivity index (χ1v) is 6.60. The van der Waals surface area contributed by atoms with Gasteiger partial charge in [0.25, 0.3) is 5.91 Å². The maximum atomic E-state index is 11.9. The van der Waals surface area contributed by atoms with Crippen molar-refractivity contribution in [3.05, 3.63) is 21.4 Å². The third-order valence-electron chi connectivity index (χ3n) is 3.02. The van der Waals surface area contributed by atoms with E-state index in [1.807, 2.05) is 5.38 Å². The van der Waals surface area contributed by atoms with Crippen LogP contribution < -0.4 is 5.32 Å². The Hall–Kier alpha value is -1.36. The molecule has 0 unspecified atom stereocenters. The summed E-state index contributed by atoms with van der Waals surface area (Å²) in [5.74, 6) is -1.28. The number of carboxylic acid groups (broad SMARTS) is 1. The van der Waals surface area contributed by atoms with E-state index in [1.165, 1.54) is 18.2 Å². The zero-order chi connectivity index (χ0) is 12.4. The van der Waals surface area contributed by atoms with Crippen molar-refractivity contribution >= 4 is 23.2 Å². The molecule has 0 fully saturated rings. The van der Waals surface area contributed by atoms with E-state index in [1.54, 1.807) is 11.3 Å². The number of thiophene rings is 1. The lowest BCUT2D eigenvalue weighted by molar-refractivity contribution is -0.138. The van der Waals surface area contributed by atoms with E-state index in [0.29, 0.717) is 5.56 Å². The van der Waals surface area contributed by atoms with Gasteiger partial charge in [0.15, 0.2) is 0 Å². The molecule has 1 aliphatic carbocycles. The van der Waals surface area contributed by atoms with Gasteiger partial charge in [0.1, 0.15) is 6.04 Å². The Balaban J connectivity index is 2.14.